The van der Waals surface area contributed by atoms with Crippen LogP contribution in [0.4, 0.5) is 4.39 Å². The normalized spacial score (nSPS) is 14.7. The van der Waals surface area contributed by atoms with Gasteiger partial charge in [0.05, 0.1) is 37.4 Å². The topological polar surface area (TPSA) is 79.9 Å². The zero-order valence-corrected chi connectivity index (χ0v) is 19.6. The Morgan fingerprint density at radius 3 is 2.74 bits per heavy atom. The molecular weight excluding hydrogens is 447 g/mol. The molecule has 0 bridgehead atoms. The van der Waals surface area contributed by atoms with Crippen LogP contribution in [0.5, 0.6) is 5.75 Å². The van der Waals surface area contributed by atoms with Gasteiger partial charge in [0.15, 0.2) is 5.65 Å². The van der Waals surface area contributed by atoms with E-state index in [0.29, 0.717) is 22.5 Å². The summed E-state index contributed by atoms with van der Waals surface area (Å²) in [5.74, 6) is 0.260. The average Bonchev–Trinajstić information content (AvgIpc) is 3.52. The van der Waals surface area contributed by atoms with Gasteiger partial charge in [-0.2, -0.15) is 10.2 Å². The molecule has 0 spiro atoms. The highest BCUT2D eigenvalue weighted by molar-refractivity contribution is 5.92. The molecule has 9 heteroatoms. The van der Waals surface area contributed by atoms with Crippen molar-refractivity contribution in [1.82, 2.24) is 29.5 Å². The van der Waals surface area contributed by atoms with Gasteiger partial charge in [0.25, 0.3) is 0 Å². The first-order valence-corrected chi connectivity index (χ1v) is 11.8. The first kappa shape index (κ1) is 21.7. The van der Waals surface area contributed by atoms with Crippen molar-refractivity contribution in [3.63, 3.8) is 0 Å². The van der Waals surface area contributed by atoms with E-state index in [1.54, 1.807) is 25.7 Å². The first-order chi connectivity index (χ1) is 17.2. The highest BCUT2D eigenvalue weighted by Gasteiger charge is 2.21. The predicted octanol–water partition coefficient (Wildman–Crippen LogP) is 5.03. The molecule has 8 nitrogen and oxygen atoms in total. The SMILES string of the molecule is CCn1cnc2c(-c3ccc(F)c(-c4cc5cnn(C6CCOCC6)c5cc4OC)c3)cnnc21. The molecule has 1 aliphatic rings. The molecule has 1 saturated heterocycles. The summed E-state index contributed by atoms with van der Waals surface area (Å²) < 4.78 is 30.4. The number of ether oxygens (including phenoxy) is 2. The Morgan fingerprint density at radius 1 is 1.09 bits per heavy atom. The Kier molecular flexibility index (Phi) is 5.41. The third-order valence-electron chi connectivity index (χ3n) is 6.77. The van der Waals surface area contributed by atoms with Crippen LogP contribution in [-0.2, 0) is 11.3 Å². The summed E-state index contributed by atoms with van der Waals surface area (Å²) in [5.41, 5.74) is 5.14. The number of aryl methyl sites for hydroxylation is 1. The van der Waals surface area contributed by atoms with Gasteiger partial charge < -0.3 is 14.0 Å². The van der Waals surface area contributed by atoms with E-state index >= 15 is 4.39 Å². The van der Waals surface area contributed by atoms with Gasteiger partial charge in [-0.15, -0.1) is 5.10 Å². The summed E-state index contributed by atoms with van der Waals surface area (Å²) in [7, 11) is 1.61. The predicted molar refractivity (Wildman–Crippen MR) is 131 cm³/mol. The van der Waals surface area contributed by atoms with Gasteiger partial charge in [-0.05, 0) is 43.5 Å². The molecule has 35 heavy (non-hydrogen) atoms. The van der Waals surface area contributed by atoms with E-state index in [9.17, 15) is 0 Å². The standard InChI is InChI=1S/C26H25FN6O2/c1-3-32-15-28-25-21(14-29-31-26(25)32)16-4-5-22(27)19(10-16)20-11-17-13-30-33(18-6-8-35-9-7-18)23(17)12-24(20)34-2/h4-5,10-15,18H,3,6-9H2,1-2H3. The monoisotopic (exact) mass is 472 g/mol. The number of halogens is 1. The summed E-state index contributed by atoms with van der Waals surface area (Å²) in [6.45, 7) is 4.22. The van der Waals surface area contributed by atoms with Gasteiger partial charge in [0, 0.05) is 47.9 Å². The van der Waals surface area contributed by atoms with Crippen molar-refractivity contribution >= 4 is 22.1 Å². The maximum Gasteiger partial charge on any atom is 0.183 e. The van der Waals surface area contributed by atoms with Crippen LogP contribution in [0.15, 0.2) is 49.1 Å². The number of rotatable bonds is 5. The molecule has 0 amide bonds. The second kappa shape index (κ2) is 8.74. The van der Waals surface area contributed by atoms with E-state index in [1.807, 2.05) is 40.6 Å². The zero-order valence-electron chi connectivity index (χ0n) is 19.6. The third kappa shape index (κ3) is 3.63. The largest absolute Gasteiger partial charge is 0.496 e. The zero-order chi connectivity index (χ0) is 23.9. The Hall–Kier alpha value is -3.85. The van der Waals surface area contributed by atoms with E-state index < -0.39 is 0 Å². The molecule has 1 aliphatic heterocycles. The number of imidazole rings is 1. The molecule has 1 fully saturated rings. The summed E-state index contributed by atoms with van der Waals surface area (Å²) >= 11 is 0. The molecule has 0 saturated carbocycles. The Morgan fingerprint density at radius 2 is 1.94 bits per heavy atom. The van der Waals surface area contributed by atoms with E-state index in [-0.39, 0.29) is 11.9 Å². The lowest BCUT2D eigenvalue weighted by Crippen LogP contribution is -2.20. The van der Waals surface area contributed by atoms with Gasteiger partial charge in [-0.25, -0.2) is 9.37 Å². The minimum Gasteiger partial charge on any atom is -0.496 e. The number of benzene rings is 2. The van der Waals surface area contributed by atoms with Crippen LogP contribution in [-0.4, -0.2) is 49.9 Å². The lowest BCUT2D eigenvalue weighted by Gasteiger charge is -2.23. The summed E-state index contributed by atoms with van der Waals surface area (Å²) in [6.07, 6.45) is 7.09. The van der Waals surface area contributed by atoms with Crippen molar-refractivity contribution in [3.05, 3.63) is 54.9 Å². The van der Waals surface area contributed by atoms with E-state index in [1.165, 1.54) is 6.07 Å². The van der Waals surface area contributed by atoms with Crippen LogP contribution in [0.25, 0.3) is 44.3 Å². The number of hydrogen-bond donors (Lipinski definition) is 0. The molecule has 0 atom stereocenters. The molecule has 178 valence electrons. The molecule has 6 rings (SSSR count). The second-order valence-corrected chi connectivity index (χ2v) is 8.70. The fraction of sp³-hybridized carbons (Fsp3) is 0.308. The summed E-state index contributed by atoms with van der Waals surface area (Å²) in [5, 5.41) is 14.0. The molecule has 5 aromatic rings. The van der Waals surface area contributed by atoms with Crippen molar-refractivity contribution in [2.45, 2.75) is 32.4 Å². The minimum atomic E-state index is -0.333. The lowest BCUT2D eigenvalue weighted by atomic mass is 9.97. The van der Waals surface area contributed by atoms with Crippen molar-refractivity contribution in [2.24, 2.45) is 0 Å². The third-order valence-corrected chi connectivity index (χ3v) is 6.77. The minimum absolute atomic E-state index is 0.279. The van der Waals surface area contributed by atoms with Crippen LogP contribution in [0.2, 0.25) is 0 Å². The van der Waals surface area contributed by atoms with Crippen molar-refractivity contribution < 1.29 is 13.9 Å². The molecule has 4 heterocycles. The highest BCUT2D eigenvalue weighted by atomic mass is 19.1. The molecule has 0 N–H and O–H groups in total. The van der Waals surface area contributed by atoms with Crippen LogP contribution < -0.4 is 4.74 Å². The number of nitrogens with zero attached hydrogens (tertiary/aromatic N) is 6. The van der Waals surface area contributed by atoms with Gasteiger partial charge in [0.2, 0.25) is 0 Å². The van der Waals surface area contributed by atoms with E-state index in [4.69, 9.17) is 9.47 Å². The number of fused-ring (bicyclic) bond motifs is 2. The Labute approximate surface area is 201 Å². The van der Waals surface area contributed by atoms with Gasteiger partial charge in [-0.1, -0.05) is 6.07 Å². The van der Waals surface area contributed by atoms with Crippen LogP contribution in [0.1, 0.15) is 25.8 Å². The fourth-order valence-corrected chi connectivity index (χ4v) is 4.89. The quantitative estimate of drug-likeness (QED) is 0.357. The molecular formula is C26H25FN6O2. The number of aromatic nitrogens is 6. The van der Waals surface area contributed by atoms with E-state index in [0.717, 1.165) is 60.1 Å². The fourth-order valence-electron chi connectivity index (χ4n) is 4.89. The van der Waals surface area contributed by atoms with Crippen molar-refractivity contribution in [1.29, 1.82) is 0 Å². The van der Waals surface area contributed by atoms with Crippen molar-refractivity contribution in [2.75, 3.05) is 20.3 Å². The second-order valence-electron chi connectivity index (χ2n) is 8.70. The van der Waals surface area contributed by atoms with Gasteiger partial charge in [-0.3, -0.25) is 4.68 Å². The van der Waals surface area contributed by atoms with Gasteiger partial charge in [0.1, 0.15) is 17.1 Å². The lowest BCUT2D eigenvalue weighted by molar-refractivity contribution is 0.0675. The highest BCUT2D eigenvalue weighted by Crippen LogP contribution is 2.39. The molecule has 2 aromatic carbocycles. The van der Waals surface area contributed by atoms with Crippen LogP contribution in [0.3, 0.4) is 0 Å². The van der Waals surface area contributed by atoms with Crippen LogP contribution in [0, 0.1) is 5.82 Å². The van der Waals surface area contributed by atoms with Gasteiger partial charge >= 0.3 is 0 Å². The maximum atomic E-state index is 15.2. The maximum absolute atomic E-state index is 15.2. The average molecular weight is 473 g/mol. The van der Waals surface area contributed by atoms with E-state index in [2.05, 4.69) is 20.3 Å². The molecule has 0 radical (unpaired) electrons. The molecule has 0 unspecified atom stereocenters. The smallest absolute Gasteiger partial charge is 0.183 e. The Bertz CT molecular complexity index is 1540. The van der Waals surface area contributed by atoms with Crippen molar-refractivity contribution in [3.8, 4) is 28.0 Å². The number of hydrogen-bond acceptors (Lipinski definition) is 6. The first-order valence-electron chi connectivity index (χ1n) is 11.8. The molecule has 0 aliphatic carbocycles. The summed E-state index contributed by atoms with van der Waals surface area (Å²) in [4.78, 5) is 4.53. The Balaban J connectivity index is 1.48. The number of methoxy groups -OCH3 is 1. The summed E-state index contributed by atoms with van der Waals surface area (Å²) in [6, 6.07) is 9.22. The molecule has 3 aromatic heterocycles. The van der Waals surface area contributed by atoms with Crippen LogP contribution >= 0.6 is 0 Å².